The van der Waals surface area contributed by atoms with Crippen LogP contribution in [-0.4, -0.2) is 22.9 Å². The van der Waals surface area contributed by atoms with Gasteiger partial charge in [0, 0.05) is 18.2 Å². The molecule has 4 heteroatoms. The molecule has 2 aromatic rings. The van der Waals surface area contributed by atoms with Crippen LogP contribution >= 0.6 is 0 Å². The summed E-state index contributed by atoms with van der Waals surface area (Å²) in [7, 11) is 0. The van der Waals surface area contributed by atoms with Gasteiger partial charge in [0.15, 0.2) is 0 Å². The molecule has 22 heavy (non-hydrogen) atoms. The van der Waals surface area contributed by atoms with Crippen LogP contribution in [0.3, 0.4) is 0 Å². The third kappa shape index (κ3) is 3.28. The smallest absolute Gasteiger partial charge is 0.266 e. The van der Waals surface area contributed by atoms with Gasteiger partial charge >= 0.3 is 0 Å². The molecule has 1 saturated heterocycles. The summed E-state index contributed by atoms with van der Waals surface area (Å²) in [6.45, 7) is 6.96. The van der Waals surface area contributed by atoms with E-state index in [4.69, 9.17) is 0 Å². The van der Waals surface area contributed by atoms with Crippen molar-refractivity contribution in [1.82, 2.24) is 15.1 Å². The summed E-state index contributed by atoms with van der Waals surface area (Å²) in [6.07, 6.45) is 2.23. The molecule has 0 saturated carbocycles. The lowest BCUT2D eigenvalue weighted by Crippen LogP contribution is -2.33. The van der Waals surface area contributed by atoms with Crippen LogP contribution in [0.15, 0.2) is 35.1 Å². The van der Waals surface area contributed by atoms with Crippen molar-refractivity contribution in [3.8, 4) is 11.3 Å². The third-order valence-electron chi connectivity index (χ3n) is 4.43. The lowest BCUT2D eigenvalue weighted by molar-refractivity contribution is 0.315. The maximum Gasteiger partial charge on any atom is 0.266 e. The van der Waals surface area contributed by atoms with Crippen LogP contribution in [0, 0.1) is 19.8 Å². The van der Waals surface area contributed by atoms with Gasteiger partial charge in [0.1, 0.15) is 0 Å². The van der Waals surface area contributed by atoms with Crippen LogP contribution in [0.5, 0.6) is 0 Å². The van der Waals surface area contributed by atoms with E-state index in [-0.39, 0.29) is 5.56 Å². The Kier molecular flexibility index (Phi) is 4.39. The zero-order valence-corrected chi connectivity index (χ0v) is 13.3. The molecule has 0 unspecified atom stereocenters. The molecular formula is C18H23N3O. The first kappa shape index (κ1) is 15.0. The maximum atomic E-state index is 12.1. The van der Waals surface area contributed by atoms with Crippen molar-refractivity contribution in [2.75, 3.05) is 13.1 Å². The van der Waals surface area contributed by atoms with Crippen molar-refractivity contribution in [2.45, 2.75) is 33.2 Å². The Morgan fingerprint density at radius 3 is 2.73 bits per heavy atom. The van der Waals surface area contributed by atoms with Gasteiger partial charge in [0.25, 0.3) is 5.56 Å². The van der Waals surface area contributed by atoms with E-state index in [0.29, 0.717) is 5.92 Å². The summed E-state index contributed by atoms with van der Waals surface area (Å²) < 4.78 is 1.65. The average Bonchev–Trinajstić information content (AvgIpc) is 2.53. The van der Waals surface area contributed by atoms with Gasteiger partial charge in [0.05, 0.1) is 5.69 Å². The topological polar surface area (TPSA) is 46.9 Å². The predicted molar refractivity (Wildman–Crippen MR) is 89.0 cm³/mol. The van der Waals surface area contributed by atoms with Gasteiger partial charge < -0.3 is 5.32 Å². The Bertz CT molecular complexity index is 715. The highest BCUT2D eigenvalue weighted by Gasteiger charge is 2.15. The predicted octanol–water partition coefficient (Wildman–Crippen LogP) is 2.53. The van der Waals surface area contributed by atoms with Crippen LogP contribution in [0.2, 0.25) is 0 Å². The summed E-state index contributed by atoms with van der Waals surface area (Å²) >= 11 is 0. The van der Waals surface area contributed by atoms with E-state index >= 15 is 0 Å². The quantitative estimate of drug-likeness (QED) is 0.947. The standard InChI is InChI=1S/C18H23N3O/c1-13-3-4-14(2)16(11-13)17-5-6-18(22)21(20-17)12-15-7-9-19-10-8-15/h3-6,11,15,19H,7-10,12H2,1-2H3. The second kappa shape index (κ2) is 6.44. The second-order valence-electron chi connectivity index (χ2n) is 6.25. The number of piperidine rings is 1. The van der Waals surface area contributed by atoms with Crippen molar-refractivity contribution in [2.24, 2.45) is 5.92 Å². The first-order chi connectivity index (χ1) is 10.6. The van der Waals surface area contributed by atoms with Gasteiger partial charge in [-0.15, -0.1) is 0 Å². The molecular weight excluding hydrogens is 274 g/mol. The van der Waals surface area contributed by atoms with E-state index in [1.54, 1.807) is 10.7 Å². The average molecular weight is 297 g/mol. The van der Waals surface area contributed by atoms with Gasteiger partial charge in [-0.2, -0.15) is 5.10 Å². The molecule has 1 aromatic heterocycles. The molecule has 0 aliphatic carbocycles. The number of aromatic nitrogens is 2. The summed E-state index contributed by atoms with van der Waals surface area (Å²) in [5, 5.41) is 7.98. The van der Waals surface area contributed by atoms with E-state index in [9.17, 15) is 4.79 Å². The molecule has 0 amide bonds. The SMILES string of the molecule is Cc1ccc(C)c(-c2ccc(=O)n(CC3CCNCC3)n2)c1. The van der Waals surface area contributed by atoms with Gasteiger partial charge in [0.2, 0.25) is 0 Å². The number of aryl methyl sites for hydroxylation is 2. The number of rotatable bonds is 3. The number of benzene rings is 1. The highest BCUT2D eigenvalue weighted by Crippen LogP contribution is 2.22. The highest BCUT2D eigenvalue weighted by molar-refractivity contribution is 5.63. The Hall–Kier alpha value is -1.94. The summed E-state index contributed by atoms with van der Waals surface area (Å²) in [5.74, 6) is 0.542. The fourth-order valence-electron chi connectivity index (χ4n) is 3.04. The molecule has 3 rings (SSSR count). The molecule has 1 fully saturated rings. The zero-order chi connectivity index (χ0) is 15.5. The fourth-order valence-corrected chi connectivity index (χ4v) is 3.04. The molecule has 1 aromatic carbocycles. The van der Waals surface area contributed by atoms with Crippen molar-refractivity contribution in [1.29, 1.82) is 0 Å². The van der Waals surface area contributed by atoms with E-state index < -0.39 is 0 Å². The monoisotopic (exact) mass is 297 g/mol. The molecule has 1 aliphatic rings. The van der Waals surface area contributed by atoms with Crippen molar-refractivity contribution in [3.05, 3.63) is 51.8 Å². The third-order valence-corrected chi connectivity index (χ3v) is 4.43. The molecule has 0 atom stereocenters. The van der Waals surface area contributed by atoms with Crippen LogP contribution < -0.4 is 10.9 Å². The molecule has 116 valence electrons. The van der Waals surface area contributed by atoms with E-state index in [1.807, 2.05) is 6.07 Å². The minimum atomic E-state index is -0.00686. The van der Waals surface area contributed by atoms with Gasteiger partial charge in [-0.3, -0.25) is 4.79 Å². The fraction of sp³-hybridized carbons (Fsp3) is 0.444. The van der Waals surface area contributed by atoms with Crippen LogP contribution in [0.4, 0.5) is 0 Å². The first-order valence-electron chi connectivity index (χ1n) is 8.00. The summed E-state index contributed by atoms with van der Waals surface area (Å²) in [4.78, 5) is 12.1. The Balaban J connectivity index is 1.92. The number of nitrogens with one attached hydrogen (secondary N) is 1. The lowest BCUT2D eigenvalue weighted by Gasteiger charge is -2.22. The molecule has 2 heterocycles. The second-order valence-corrected chi connectivity index (χ2v) is 6.25. The van der Waals surface area contributed by atoms with Crippen molar-refractivity contribution >= 4 is 0 Å². The minimum Gasteiger partial charge on any atom is -0.317 e. The van der Waals surface area contributed by atoms with Crippen LogP contribution in [0.25, 0.3) is 11.3 Å². The highest BCUT2D eigenvalue weighted by atomic mass is 16.1. The summed E-state index contributed by atoms with van der Waals surface area (Å²) in [5.41, 5.74) is 4.38. The number of hydrogen-bond donors (Lipinski definition) is 1. The van der Waals surface area contributed by atoms with Gasteiger partial charge in [-0.1, -0.05) is 17.7 Å². The molecule has 0 bridgehead atoms. The molecule has 4 nitrogen and oxygen atoms in total. The Labute approximate surface area is 131 Å². The zero-order valence-electron chi connectivity index (χ0n) is 13.3. The van der Waals surface area contributed by atoms with Gasteiger partial charge in [-0.05, 0) is 63.4 Å². The largest absolute Gasteiger partial charge is 0.317 e. The van der Waals surface area contributed by atoms with Crippen molar-refractivity contribution in [3.63, 3.8) is 0 Å². The van der Waals surface area contributed by atoms with Gasteiger partial charge in [-0.25, -0.2) is 4.68 Å². The summed E-state index contributed by atoms with van der Waals surface area (Å²) in [6, 6.07) is 9.82. The first-order valence-corrected chi connectivity index (χ1v) is 8.00. The number of hydrogen-bond acceptors (Lipinski definition) is 3. The Morgan fingerprint density at radius 2 is 1.95 bits per heavy atom. The lowest BCUT2D eigenvalue weighted by atomic mass is 9.98. The molecule has 1 N–H and O–H groups in total. The van der Waals surface area contributed by atoms with E-state index in [1.165, 1.54) is 11.1 Å². The maximum absolute atomic E-state index is 12.1. The minimum absolute atomic E-state index is 0.00686. The molecule has 1 aliphatic heterocycles. The number of nitrogens with zero attached hydrogens (tertiary/aromatic N) is 2. The van der Waals surface area contributed by atoms with Crippen LogP contribution in [0.1, 0.15) is 24.0 Å². The molecule has 0 radical (unpaired) electrons. The normalized spacial score (nSPS) is 15.9. The van der Waals surface area contributed by atoms with E-state index in [0.717, 1.165) is 43.7 Å². The van der Waals surface area contributed by atoms with Crippen LogP contribution in [-0.2, 0) is 6.54 Å². The Morgan fingerprint density at radius 1 is 1.18 bits per heavy atom. The van der Waals surface area contributed by atoms with E-state index in [2.05, 4.69) is 42.5 Å². The molecule has 0 spiro atoms. The van der Waals surface area contributed by atoms with Crippen molar-refractivity contribution < 1.29 is 0 Å².